The maximum Gasteiger partial charge on any atom is 0.224 e. The third-order valence-corrected chi connectivity index (χ3v) is 4.69. The van der Waals surface area contributed by atoms with E-state index in [-0.39, 0.29) is 11.8 Å². The average Bonchev–Trinajstić information content (AvgIpc) is 3.19. The minimum atomic E-state index is 0.0897. The van der Waals surface area contributed by atoms with Crippen LogP contribution < -0.4 is 5.32 Å². The van der Waals surface area contributed by atoms with Crippen LogP contribution in [-0.2, 0) is 24.8 Å². The highest BCUT2D eigenvalue weighted by atomic mass is 35.5. The van der Waals surface area contributed by atoms with Crippen molar-refractivity contribution < 1.29 is 4.79 Å². The van der Waals surface area contributed by atoms with Crippen LogP contribution >= 0.6 is 11.6 Å². The summed E-state index contributed by atoms with van der Waals surface area (Å²) in [4.78, 5) is 14.6. The molecular formula is C18H23ClN4O. The fourth-order valence-electron chi connectivity index (χ4n) is 3.13. The van der Waals surface area contributed by atoms with Crippen LogP contribution in [0.15, 0.2) is 36.7 Å². The van der Waals surface area contributed by atoms with E-state index in [1.807, 2.05) is 48.4 Å². The summed E-state index contributed by atoms with van der Waals surface area (Å²) in [6.07, 6.45) is 5.67. The van der Waals surface area contributed by atoms with Gasteiger partial charge < -0.3 is 5.32 Å². The van der Waals surface area contributed by atoms with E-state index < -0.39 is 0 Å². The molecule has 0 bridgehead atoms. The van der Waals surface area contributed by atoms with Crippen molar-refractivity contribution in [3.63, 3.8) is 0 Å². The second-order valence-corrected chi connectivity index (χ2v) is 6.85. The number of carbonyl (C=O) groups excluding carboxylic acids is 1. The maximum absolute atomic E-state index is 12.3. The van der Waals surface area contributed by atoms with Gasteiger partial charge in [-0.25, -0.2) is 0 Å². The van der Waals surface area contributed by atoms with E-state index in [1.54, 1.807) is 0 Å². The molecule has 2 aromatic rings. The molecule has 0 saturated carbocycles. The van der Waals surface area contributed by atoms with Gasteiger partial charge in [-0.05, 0) is 37.1 Å². The first-order valence-corrected chi connectivity index (χ1v) is 8.70. The molecule has 0 spiro atoms. The van der Waals surface area contributed by atoms with E-state index in [4.69, 9.17) is 11.6 Å². The van der Waals surface area contributed by atoms with Gasteiger partial charge in [0.05, 0.1) is 12.1 Å². The summed E-state index contributed by atoms with van der Waals surface area (Å²) in [6, 6.07) is 7.76. The Labute approximate surface area is 147 Å². The van der Waals surface area contributed by atoms with Crippen molar-refractivity contribution in [1.29, 1.82) is 0 Å². The van der Waals surface area contributed by atoms with E-state index in [9.17, 15) is 4.79 Å². The van der Waals surface area contributed by atoms with Crippen molar-refractivity contribution in [2.75, 3.05) is 19.6 Å². The van der Waals surface area contributed by atoms with Gasteiger partial charge in [0.2, 0.25) is 5.91 Å². The minimum Gasteiger partial charge on any atom is -0.355 e. The number of nitrogens with one attached hydrogen (secondary N) is 1. The lowest BCUT2D eigenvalue weighted by atomic mass is 10.1. The topological polar surface area (TPSA) is 50.2 Å². The second kappa shape index (κ2) is 7.81. The van der Waals surface area contributed by atoms with Crippen molar-refractivity contribution in [2.24, 2.45) is 13.0 Å². The molecule has 5 nitrogen and oxygen atoms in total. The molecule has 1 saturated heterocycles. The second-order valence-electron chi connectivity index (χ2n) is 6.41. The Hall–Kier alpha value is -1.85. The highest BCUT2D eigenvalue weighted by Crippen LogP contribution is 2.18. The number of amides is 1. The maximum atomic E-state index is 12.3. The molecule has 2 heterocycles. The van der Waals surface area contributed by atoms with Crippen LogP contribution in [0.2, 0.25) is 5.02 Å². The Kier molecular flexibility index (Phi) is 5.53. The molecule has 1 N–H and O–H groups in total. The van der Waals surface area contributed by atoms with Crippen LogP contribution in [0.1, 0.15) is 17.5 Å². The SMILES string of the molecule is Cn1cc(CN2CC[C@H](C(=O)NCCc3ccc(Cl)cc3)C2)cn1. The van der Waals surface area contributed by atoms with Crippen LogP contribution in [0.25, 0.3) is 0 Å². The summed E-state index contributed by atoms with van der Waals surface area (Å²) >= 11 is 5.88. The number of aromatic nitrogens is 2. The summed E-state index contributed by atoms with van der Waals surface area (Å²) in [7, 11) is 1.92. The first-order valence-electron chi connectivity index (χ1n) is 8.32. The first kappa shape index (κ1) is 17.0. The third-order valence-electron chi connectivity index (χ3n) is 4.43. The zero-order valence-corrected chi connectivity index (χ0v) is 14.7. The van der Waals surface area contributed by atoms with Crippen LogP contribution in [0.4, 0.5) is 0 Å². The summed E-state index contributed by atoms with van der Waals surface area (Å²) in [5.41, 5.74) is 2.38. The van der Waals surface area contributed by atoms with Crippen LogP contribution in [0, 0.1) is 5.92 Å². The van der Waals surface area contributed by atoms with Gasteiger partial charge in [-0.3, -0.25) is 14.4 Å². The molecule has 6 heteroatoms. The van der Waals surface area contributed by atoms with Gasteiger partial charge in [0.25, 0.3) is 0 Å². The number of carbonyl (C=O) groups is 1. The van der Waals surface area contributed by atoms with Crippen molar-refractivity contribution in [3.8, 4) is 0 Å². The number of halogens is 1. The highest BCUT2D eigenvalue weighted by molar-refractivity contribution is 6.30. The fraction of sp³-hybridized carbons (Fsp3) is 0.444. The van der Waals surface area contributed by atoms with Crippen LogP contribution in [0.5, 0.6) is 0 Å². The Morgan fingerprint density at radius 1 is 1.33 bits per heavy atom. The number of benzene rings is 1. The molecule has 1 aliphatic rings. The number of rotatable bonds is 6. The van der Waals surface area contributed by atoms with E-state index in [2.05, 4.69) is 15.3 Å². The summed E-state index contributed by atoms with van der Waals surface area (Å²) in [5.74, 6) is 0.254. The molecule has 24 heavy (non-hydrogen) atoms. The van der Waals surface area contributed by atoms with E-state index in [1.165, 1.54) is 11.1 Å². The summed E-state index contributed by atoms with van der Waals surface area (Å²) in [6.45, 7) is 3.31. The standard InChI is InChI=1S/C18H23ClN4O/c1-22-11-15(10-21-22)12-23-9-7-16(13-23)18(24)20-8-6-14-2-4-17(19)5-3-14/h2-5,10-11,16H,6-9,12-13H2,1H3,(H,20,24)/t16-/m0/s1. The number of nitrogens with zero attached hydrogens (tertiary/aromatic N) is 3. The quantitative estimate of drug-likeness (QED) is 0.872. The minimum absolute atomic E-state index is 0.0897. The van der Waals surface area contributed by atoms with Gasteiger partial charge >= 0.3 is 0 Å². The average molecular weight is 347 g/mol. The molecule has 1 atom stereocenters. The molecule has 1 aromatic heterocycles. The predicted octanol–water partition coefficient (Wildman–Crippen LogP) is 2.25. The Morgan fingerprint density at radius 2 is 2.12 bits per heavy atom. The largest absolute Gasteiger partial charge is 0.355 e. The molecule has 0 radical (unpaired) electrons. The Morgan fingerprint density at radius 3 is 2.83 bits per heavy atom. The van der Waals surface area contributed by atoms with E-state index in [0.29, 0.717) is 6.54 Å². The molecule has 1 amide bonds. The van der Waals surface area contributed by atoms with Gasteiger partial charge in [0.15, 0.2) is 0 Å². The fourth-order valence-corrected chi connectivity index (χ4v) is 3.25. The molecule has 3 rings (SSSR count). The lowest BCUT2D eigenvalue weighted by Crippen LogP contribution is -2.33. The molecule has 0 aliphatic carbocycles. The number of hydrogen-bond acceptors (Lipinski definition) is 3. The summed E-state index contributed by atoms with van der Waals surface area (Å²) in [5, 5.41) is 7.99. The Balaban J connectivity index is 1.40. The third kappa shape index (κ3) is 4.58. The van der Waals surface area contributed by atoms with Crippen molar-refractivity contribution in [2.45, 2.75) is 19.4 Å². The van der Waals surface area contributed by atoms with Crippen LogP contribution in [-0.4, -0.2) is 40.2 Å². The molecule has 1 fully saturated rings. The van der Waals surface area contributed by atoms with Gasteiger partial charge in [-0.2, -0.15) is 5.10 Å². The predicted molar refractivity (Wildman–Crippen MR) is 94.8 cm³/mol. The molecule has 1 aromatic carbocycles. The number of hydrogen-bond donors (Lipinski definition) is 1. The van der Waals surface area contributed by atoms with Crippen LogP contribution in [0.3, 0.4) is 0 Å². The van der Waals surface area contributed by atoms with Crippen molar-refractivity contribution in [3.05, 3.63) is 52.8 Å². The van der Waals surface area contributed by atoms with E-state index in [0.717, 1.165) is 37.5 Å². The van der Waals surface area contributed by atoms with E-state index >= 15 is 0 Å². The first-order chi connectivity index (χ1) is 11.6. The monoisotopic (exact) mass is 346 g/mol. The molecule has 0 unspecified atom stereocenters. The van der Waals surface area contributed by atoms with Gasteiger partial charge in [0.1, 0.15) is 0 Å². The zero-order valence-electron chi connectivity index (χ0n) is 13.9. The zero-order chi connectivity index (χ0) is 16.9. The summed E-state index contributed by atoms with van der Waals surface area (Å²) < 4.78 is 1.81. The lowest BCUT2D eigenvalue weighted by Gasteiger charge is -2.15. The van der Waals surface area contributed by atoms with Crippen molar-refractivity contribution >= 4 is 17.5 Å². The van der Waals surface area contributed by atoms with Gasteiger partial charge in [-0.1, -0.05) is 23.7 Å². The molecule has 1 aliphatic heterocycles. The highest BCUT2D eigenvalue weighted by Gasteiger charge is 2.28. The van der Waals surface area contributed by atoms with Gasteiger partial charge in [0, 0.05) is 43.5 Å². The van der Waals surface area contributed by atoms with Crippen molar-refractivity contribution in [1.82, 2.24) is 20.0 Å². The number of aryl methyl sites for hydroxylation is 1. The molecule has 128 valence electrons. The number of likely N-dealkylation sites (tertiary alicyclic amines) is 1. The van der Waals surface area contributed by atoms with Gasteiger partial charge in [-0.15, -0.1) is 0 Å². The Bertz CT molecular complexity index is 683. The smallest absolute Gasteiger partial charge is 0.224 e. The normalized spacial score (nSPS) is 18.0. The lowest BCUT2D eigenvalue weighted by molar-refractivity contribution is -0.124. The molecular weight excluding hydrogens is 324 g/mol.